The lowest BCUT2D eigenvalue weighted by molar-refractivity contribution is -0.125. The lowest BCUT2D eigenvalue weighted by Crippen LogP contribution is -2.37. The van der Waals surface area contributed by atoms with Gasteiger partial charge in [0, 0.05) is 12.0 Å². The summed E-state index contributed by atoms with van der Waals surface area (Å²) >= 11 is 1.69. The number of aromatic nitrogens is 1. The normalized spacial score (nSPS) is 18.5. The predicted molar refractivity (Wildman–Crippen MR) is 116 cm³/mol. The van der Waals surface area contributed by atoms with Crippen molar-refractivity contribution in [1.82, 2.24) is 10.3 Å². The smallest absolute Gasteiger partial charge is 0.224 e. The number of nitrogens with one attached hydrogen (secondary N) is 1. The number of methoxy groups -OCH3 is 1. The maximum atomic E-state index is 12.9. The largest absolute Gasteiger partial charge is 0.497 e. The first kappa shape index (κ1) is 19.5. The second kappa shape index (κ2) is 9.09. The Morgan fingerprint density at radius 2 is 1.97 bits per heavy atom. The van der Waals surface area contributed by atoms with Gasteiger partial charge < -0.3 is 14.8 Å². The number of nitrogens with zero attached hydrogens (tertiary/aromatic N) is 1. The summed E-state index contributed by atoms with van der Waals surface area (Å²) < 4.78 is 12.1. The first-order valence-electron chi connectivity index (χ1n) is 9.79. The fourth-order valence-corrected chi connectivity index (χ4v) is 4.74. The number of hydrogen-bond donors (Lipinski definition) is 1. The molecule has 1 heterocycles. The third-order valence-corrected chi connectivity index (χ3v) is 6.28. The number of hydrogen-bond acceptors (Lipinski definition) is 5. The van der Waals surface area contributed by atoms with Crippen LogP contribution in [0.3, 0.4) is 0 Å². The van der Waals surface area contributed by atoms with Crippen molar-refractivity contribution < 1.29 is 14.3 Å². The first-order valence-corrected chi connectivity index (χ1v) is 10.6. The van der Waals surface area contributed by atoms with Gasteiger partial charge in [-0.25, -0.2) is 4.98 Å². The highest BCUT2D eigenvalue weighted by atomic mass is 32.1. The van der Waals surface area contributed by atoms with Crippen LogP contribution in [0.25, 0.3) is 10.2 Å². The number of thiazole rings is 1. The summed E-state index contributed by atoms with van der Waals surface area (Å²) in [6, 6.07) is 15.6. The van der Waals surface area contributed by atoms with Crippen molar-refractivity contribution in [3.05, 3.63) is 65.7 Å². The molecule has 2 atom stereocenters. The van der Waals surface area contributed by atoms with Gasteiger partial charge in [-0.3, -0.25) is 4.79 Å². The van der Waals surface area contributed by atoms with Gasteiger partial charge in [0.2, 0.25) is 5.91 Å². The summed E-state index contributed by atoms with van der Waals surface area (Å²) in [6.45, 7) is 0.871. The maximum absolute atomic E-state index is 12.9. The predicted octanol–water partition coefficient (Wildman–Crippen LogP) is 4.55. The molecule has 0 bridgehead atoms. The fraction of sp³-hybridized carbons (Fsp3) is 0.304. The molecule has 1 aliphatic carbocycles. The molecule has 2 unspecified atom stereocenters. The summed E-state index contributed by atoms with van der Waals surface area (Å²) in [5, 5.41) is 4.08. The molecule has 0 aliphatic heterocycles. The third kappa shape index (κ3) is 4.59. The molecule has 3 aromatic rings. The molecule has 1 amide bonds. The number of fused-ring (bicyclic) bond motifs is 1. The van der Waals surface area contributed by atoms with Crippen LogP contribution in [0.1, 0.15) is 23.8 Å². The van der Waals surface area contributed by atoms with E-state index in [1.54, 1.807) is 18.4 Å². The van der Waals surface area contributed by atoms with Crippen LogP contribution in [0.15, 0.2) is 60.7 Å². The molecule has 29 heavy (non-hydrogen) atoms. The Kier molecular flexibility index (Phi) is 6.10. The van der Waals surface area contributed by atoms with Crippen LogP contribution in [0.4, 0.5) is 0 Å². The minimum Gasteiger partial charge on any atom is -0.497 e. The van der Waals surface area contributed by atoms with Gasteiger partial charge >= 0.3 is 0 Å². The molecule has 0 saturated carbocycles. The van der Waals surface area contributed by atoms with E-state index in [9.17, 15) is 4.79 Å². The van der Waals surface area contributed by atoms with Crippen LogP contribution < -0.4 is 14.8 Å². The van der Waals surface area contributed by atoms with Gasteiger partial charge in [-0.1, -0.05) is 30.4 Å². The number of rotatable bonds is 7. The van der Waals surface area contributed by atoms with Crippen molar-refractivity contribution in [2.45, 2.75) is 18.8 Å². The molecule has 4 rings (SSSR count). The lowest BCUT2D eigenvalue weighted by atomic mass is 9.82. The van der Waals surface area contributed by atoms with E-state index in [-0.39, 0.29) is 17.7 Å². The Labute approximate surface area is 174 Å². The van der Waals surface area contributed by atoms with E-state index >= 15 is 0 Å². The van der Waals surface area contributed by atoms with E-state index in [1.165, 1.54) is 4.70 Å². The average molecular weight is 409 g/mol. The number of carbonyl (C=O) groups is 1. The lowest BCUT2D eigenvalue weighted by Gasteiger charge is -2.26. The third-order valence-electron chi connectivity index (χ3n) is 5.11. The minimum absolute atomic E-state index is 0.0628. The summed E-state index contributed by atoms with van der Waals surface area (Å²) in [6.07, 6.45) is 5.84. The average Bonchev–Trinajstić information content (AvgIpc) is 3.21. The molecule has 0 radical (unpaired) electrons. The van der Waals surface area contributed by atoms with Crippen LogP contribution in [0.5, 0.6) is 11.5 Å². The molecular weight excluding hydrogens is 384 g/mol. The zero-order chi connectivity index (χ0) is 20.1. The van der Waals surface area contributed by atoms with E-state index in [2.05, 4.69) is 23.5 Å². The van der Waals surface area contributed by atoms with E-state index < -0.39 is 0 Å². The molecule has 0 saturated heterocycles. The van der Waals surface area contributed by atoms with Gasteiger partial charge in [0.25, 0.3) is 0 Å². The molecule has 1 N–H and O–H groups in total. The van der Waals surface area contributed by atoms with E-state index in [0.717, 1.165) is 34.9 Å². The number of allylic oxidation sites excluding steroid dienone is 2. The van der Waals surface area contributed by atoms with Crippen molar-refractivity contribution in [2.24, 2.45) is 5.92 Å². The Hall–Kier alpha value is -2.86. The van der Waals surface area contributed by atoms with Gasteiger partial charge in [0.05, 0.1) is 34.8 Å². The summed E-state index contributed by atoms with van der Waals surface area (Å²) in [5.74, 6) is 1.56. The summed E-state index contributed by atoms with van der Waals surface area (Å²) in [5.41, 5.74) is 1.01. The number of benzene rings is 2. The number of ether oxygens (including phenoxy) is 2. The van der Waals surface area contributed by atoms with Gasteiger partial charge in [-0.2, -0.15) is 0 Å². The highest BCUT2D eigenvalue weighted by Gasteiger charge is 2.32. The Bertz CT molecular complexity index is 981. The van der Waals surface area contributed by atoms with Crippen molar-refractivity contribution in [2.75, 3.05) is 20.3 Å². The zero-order valence-corrected chi connectivity index (χ0v) is 17.2. The van der Waals surface area contributed by atoms with Crippen LogP contribution >= 0.6 is 11.3 Å². The molecule has 5 nitrogen and oxygen atoms in total. The van der Waals surface area contributed by atoms with E-state index in [4.69, 9.17) is 14.5 Å². The Morgan fingerprint density at radius 1 is 1.14 bits per heavy atom. The highest BCUT2D eigenvalue weighted by Crippen LogP contribution is 2.38. The molecular formula is C23H24N2O3S. The van der Waals surface area contributed by atoms with Crippen molar-refractivity contribution >= 4 is 27.5 Å². The topological polar surface area (TPSA) is 60.5 Å². The first-order chi connectivity index (χ1) is 14.2. The molecule has 1 aliphatic rings. The quantitative estimate of drug-likeness (QED) is 0.460. The van der Waals surface area contributed by atoms with Crippen molar-refractivity contribution in [1.29, 1.82) is 0 Å². The molecule has 150 valence electrons. The van der Waals surface area contributed by atoms with Crippen LogP contribution in [0, 0.1) is 5.92 Å². The highest BCUT2D eigenvalue weighted by molar-refractivity contribution is 7.18. The van der Waals surface area contributed by atoms with Gasteiger partial charge in [0.1, 0.15) is 18.1 Å². The summed E-state index contributed by atoms with van der Waals surface area (Å²) in [4.78, 5) is 17.7. The van der Waals surface area contributed by atoms with Gasteiger partial charge in [0.15, 0.2) is 0 Å². The van der Waals surface area contributed by atoms with Crippen molar-refractivity contribution in [3.63, 3.8) is 0 Å². The molecule has 1 aromatic heterocycles. The Morgan fingerprint density at radius 3 is 2.83 bits per heavy atom. The summed E-state index contributed by atoms with van der Waals surface area (Å²) in [7, 11) is 1.62. The van der Waals surface area contributed by atoms with Crippen LogP contribution in [-0.2, 0) is 4.79 Å². The molecule has 6 heteroatoms. The monoisotopic (exact) mass is 408 g/mol. The standard InChI is InChI=1S/C23H24N2O3S/c1-27-16-7-6-8-17(15-16)28-14-13-24-22(26)18-9-2-3-10-19(18)23-25-20-11-4-5-12-21(20)29-23/h2-8,11-12,15,18-19H,9-10,13-14H2,1H3,(H,24,26). The maximum Gasteiger partial charge on any atom is 0.224 e. The second-order valence-electron chi connectivity index (χ2n) is 6.99. The number of para-hydroxylation sites is 1. The fourth-order valence-electron chi connectivity index (χ4n) is 3.59. The minimum atomic E-state index is -0.0996. The Balaban J connectivity index is 1.35. The van der Waals surface area contributed by atoms with Gasteiger partial charge in [-0.15, -0.1) is 11.3 Å². The molecule has 0 spiro atoms. The van der Waals surface area contributed by atoms with Gasteiger partial charge in [-0.05, 0) is 37.1 Å². The van der Waals surface area contributed by atoms with E-state index in [1.807, 2.05) is 42.5 Å². The second-order valence-corrected chi connectivity index (χ2v) is 8.06. The van der Waals surface area contributed by atoms with Crippen LogP contribution in [0.2, 0.25) is 0 Å². The van der Waals surface area contributed by atoms with Crippen molar-refractivity contribution in [3.8, 4) is 11.5 Å². The molecule has 2 aromatic carbocycles. The SMILES string of the molecule is COc1cccc(OCCNC(=O)C2CC=CCC2c2nc3ccccc3s2)c1. The van der Waals surface area contributed by atoms with E-state index in [0.29, 0.717) is 13.2 Å². The number of carbonyl (C=O) groups excluding carboxylic acids is 1. The van der Waals surface area contributed by atoms with Crippen LogP contribution in [-0.4, -0.2) is 31.2 Å². The zero-order valence-electron chi connectivity index (χ0n) is 16.3. The number of amides is 1. The molecule has 0 fully saturated rings.